The normalized spacial score (nSPS) is 12.2. The van der Waals surface area contributed by atoms with E-state index in [2.05, 4.69) is 27.8 Å². The van der Waals surface area contributed by atoms with Crippen LogP contribution < -0.4 is 10.6 Å². The molecule has 3 N–H and O–H groups in total. The minimum absolute atomic E-state index is 0.0738. The van der Waals surface area contributed by atoms with Crippen LogP contribution >= 0.6 is 0 Å². The van der Waals surface area contributed by atoms with E-state index in [1.807, 2.05) is 12.1 Å². The van der Waals surface area contributed by atoms with Crippen molar-refractivity contribution in [1.82, 2.24) is 15.5 Å². The largest absolute Gasteiger partial charge is 0.481 e. The van der Waals surface area contributed by atoms with Gasteiger partial charge in [-0.3, -0.25) is 9.59 Å². The molecule has 0 aliphatic heterocycles. The van der Waals surface area contributed by atoms with Crippen molar-refractivity contribution >= 4 is 17.6 Å². The number of rotatable bonds is 11. The number of aryl methyl sites for hydroxylation is 1. The molecule has 1 amide bonds. The van der Waals surface area contributed by atoms with Crippen LogP contribution in [0.4, 0.5) is 18.9 Å². The number of nitrogens with zero attached hydrogens (tertiary/aromatic N) is 2. The number of carboxylic acid groups (broad SMARTS) is 1. The third-order valence-electron chi connectivity index (χ3n) is 5.22. The first kappa shape index (κ1) is 25.7. The first-order valence-electron chi connectivity index (χ1n) is 11.0. The summed E-state index contributed by atoms with van der Waals surface area (Å²) >= 11 is 0. The summed E-state index contributed by atoms with van der Waals surface area (Å²) in [7, 11) is 0. The Morgan fingerprint density at radius 1 is 1.06 bits per heavy atom. The third-order valence-corrected chi connectivity index (χ3v) is 5.22. The van der Waals surface area contributed by atoms with Crippen LogP contribution in [0, 0.1) is 5.92 Å². The number of carbonyl (C=O) groups is 2. The molecule has 1 unspecified atom stereocenters. The van der Waals surface area contributed by atoms with Crippen molar-refractivity contribution in [3.63, 3.8) is 0 Å². The molecule has 0 aliphatic carbocycles. The molecule has 11 heteroatoms. The van der Waals surface area contributed by atoms with Crippen molar-refractivity contribution in [2.75, 3.05) is 18.4 Å². The lowest BCUT2D eigenvalue weighted by Crippen LogP contribution is -2.25. The fourth-order valence-corrected chi connectivity index (χ4v) is 3.20. The number of aliphatic carboxylic acids is 1. The number of halogens is 3. The molecule has 0 spiro atoms. The zero-order chi connectivity index (χ0) is 25.4. The van der Waals surface area contributed by atoms with Crippen molar-refractivity contribution in [2.24, 2.45) is 5.92 Å². The number of alkyl halides is 3. The molecule has 0 saturated carbocycles. The van der Waals surface area contributed by atoms with Crippen LogP contribution in [0.5, 0.6) is 0 Å². The quantitative estimate of drug-likeness (QED) is 0.358. The number of anilines is 1. The van der Waals surface area contributed by atoms with Crippen molar-refractivity contribution < 1.29 is 32.3 Å². The molecule has 1 aromatic heterocycles. The first-order valence-corrected chi connectivity index (χ1v) is 11.0. The molecular weight excluding hydrogens is 465 g/mol. The van der Waals surface area contributed by atoms with E-state index >= 15 is 0 Å². The van der Waals surface area contributed by atoms with Crippen LogP contribution in [0.25, 0.3) is 11.5 Å². The van der Waals surface area contributed by atoms with Crippen LogP contribution in [0.3, 0.4) is 0 Å². The van der Waals surface area contributed by atoms with Gasteiger partial charge in [0.25, 0.3) is 5.91 Å². The van der Waals surface area contributed by atoms with Crippen LogP contribution in [0.15, 0.2) is 52.9 Å². The summed E-state index contributed by atoms with van der Waals surface area (Å²) in [5, 5.41) is 21.0. The molecule has 3 aromatic rings. The molecule has 3 rings (SSSR count). The Morgan fingerprint density at radius 3 is 2.34 bits per heavy atom. The van der Waals surface area contributed by atoms with E-state index < -0.39 is 18.0 Å². The van der Waals surface area contributed by atoms with Crippen LogP contribution in [-0.4, -0.2) is 40.3 Å². The number of hydrogen-bond acceptors (Lipinski definition) is 6. The van der Waals surface area contributed by atoms with Gasteiger partial charge in [0, 0.05) is 29.9 Å². The van der Waals surface area contributed by atoms with Gasteiger partial charge in [0.1, 0.15) is 0 Å². The highest BCUT2D eigenvalue weighted by Crippen LogP contribution is 2.30. The minimum atomic E-state index is -4.67. The van der Waals surface area contributed by atoms with Crippen molar-refractivity contribution in [3.8, 4) is 11.5 Å². The van der Waals surface area contributed by atoms with Gasteiger partial charge in [-0.15, -0.1) is 10.2 Å². The Bertz CT molecular complexity index is 1130. The van der Waals surface area contributed by atoms with Gasteiger partial charge in [0.15, 0.2) is 0 Å². The predicted molar refractivity (Wildman–Crippen MR) is 122 cm³/mol. The van der Waals surface area contributed by atoms with Crippen LogP contribution in [-0.2, 0) is 17.4 Å². The maximum atomic E-state index is 12.6. The fraction of sp³-hybridized carbons (Fsp3) is 0.333. The molecule has 1 heterocycles. The summed E-state index contributed by atoms with van der Waals surface area (Å²) in [6, 6.07) is 13.9. The van der Waals surface area contributed by atoms with E-state index in [-0.39, 0.29) is 24.8 Å². The SMILES string of the molecule is CC(CCc1ccc(-c2nnc(C(F)(F)F)o2)cc1)CNc1ccc(C(=O)NCCC(=O)O)cc1. The van der Waals surface area contributed by atoms with Crippen LogP contribution in [0.1, 0.15) is 41.6 Å². The van der Waals surface area contributed by atoms with E-state index in [0.29, 0.717) is 23.6 Å². The first-order chi connectivity index (χ1) is 16.6. The minimum Gasteiger partial charge on any atom is -0.481 e. The predicted octanol–water partition coefficient (Wildman–Crippen LogP) is 4.64. The Labute approximate surface area is 199 Å². The van der Waals surface area contributed by atoms with E-state index in [1.54, 1.807) is 36.4 Å². The smallest absolute Gasteiger partial charge is 0.470 e. The van der Waals surface area contributed by atoms with Crippen LogP contribution in [0.2, 0.25) is 0 Å². The summed E-state index contributed by atoms with van der Waals surface area (Å²) < 4.78 is 42.5. The zero-order valence-electron chi connectivity index (χ0n) is 18.9. The van der Waals surface area contributed by atoms with Crippen molar-refractivity contribution in [1.29, 1.82) is 0 Å². The summed E-state index contributed by atoms with van der Waals surface area (Å²) in [5.74, 6) is -2.50. The summed E-state index contributed by atoms with van der Waals surface area (Å²) in [6.07, 6.45) is -3.13. The average Bonchev–Trinajstić information content (AvgIpc) is 3.33. The second kappa shape index (κ2) is 11.5. The standard InChI is InChI=1S/C24H25F3N4O4/c1-15(14-29-19-10-8-17(9-11-19)21(34)28-13-12-20(32)33)2-3-16-4-6-18(7-5-16)22-30-31-23(35-22)24(25,26)27/h4-11,15,29H,2-3,12-14H2,1H3,(H,28,34)(H,32,33). The lowest BCUT2D eigenvalue weighted by molar-refractivity contribution is -0.157. The molecule has 1 atom stereocenters. The van der Waals surface area contributed by atoms with Gasteiger partial charge in [0.05, 0.1) is 6.42 Å². The molecule has 0 fully saturated rings. The molecule has 0 radical (unpaired) electrons. The molecular formula is C24H25F3N4O4. The highest BCUT2D eigenvalue weighted by Gasteiger charge is 2.38. The number of benzene rings is 2. The fourth-order valence-electron chi connectivity index (χ4n) is 3.20. The maximum Gasteiger partial charge on any atom is 0.470 e. The number of aromatic nitrogens is 2. The van der Waals surface area contributed by atoms with Gasteiger partial charge in [-0.2, -0.15) is 13.2 Å². The van der Waals surface area contributed by atoms with E-state index in [0.717, 1.165) is 24.1 Å². The van der Waals surface area contributed by atoms with Gasteiger partial charge < -0.3 is 20.2 Å². The number of nitrogens with one attached hydrogen (secondary N) is 2. The van der Waals surface area contributed by atoms with Crippen molar-refractivity contribution in [3.05, 3.63) is 65.5 Å². The van der Waals surface area contributed by atoms with Gasteiger partial charge in [-0.1, -0.05) is 19.1 Å². The second-order valence-corrected chi connectivity index (χ2v) is 8.11. The Kier molecular flexibility index (Phi) is 8.45. The van der Waals surface area contributed by atoms with Gasteiger partial charge in [-0.25, -0.2) is 0 Å². The highest BCUT2D eigenvalue weighted by atomic mass is 19.4. The molecule has 0 saturated heterocycles. The number of carboxylic acids is 1. The number of hydrogen-bond donors (Lipinski definition) is 3. The number of amides is 1. The summed E-state index contributed by atoms with van der Waals surface area (Å²) in [5.41, 5.74) is 2.77. The van der Waals surface area contributed by atoms with E-state index in [1.165, 1.54) is 0 Å². The average molecular weight is 490 g/mol. The topological polar surface area (TPSA) is 117 Å². The van der Waals surface area contributed by atoms with Crippen molar-refractivity contribution in [2.45, 2.75) is 32.4 Å². The second-order valence-electron chi connectivity index (χ2n) is 8.11. The van der Waals surface area contributed by atoms with E-state index in [4.69, 9.17) is 9.52 Å². The molecule has 2 aromatic carbocycles. The molecule has 0 bridgehead atoms. The molecule has 35 heavy (non-hydrogen) atoms. The van der Waals surface area contributed by atoms with Gasteiger partial charge in [0.2, 0.25) is 5.89 Å². The summed E-state index contributed by atoms with van der Waals surface area (Å²) in [6.45, 7) is 2.89. The molecule has 8 nitrogen and oxygen atoms in total. The Morgan fingerprint density at radius 2 is 1.74 bits per heavy atom. The monoisotopic (exact) mass is 490 g/mol. The lowest BCUT2D eigenvalue weighted by Gasteiger charge is -2.14. The molecule has 186 valence electrons. The highest BCUT2D eigenvalue weighted by molar-refractivity contribution is 5.94. The lowest BCUT2D eigenvalue weighted by atomic mass is 10.00. The van der Waals surface area contributed by atoms with Gasteiger partial charge >= 0.3 is 18.0 Å². The molecule has 0 aliphatic rings. The number of carbonyl (C=O) groups excluding carboxylic acids is 1. The van der Waals surface area contributed by atoms with E-state index in [9.17, 15) is 22.8 Å². The maximum absolute atomic E-state index is 12.6. The third kappa shape index (κ3) is 7.83. The Hall–Kier alpha value is -3.89. The Balaban J connectivity index is 1.42. The van der Waals surface area contributed by atoms with Gasteiger partial charge in [-0.05, 0) is 60.7 Å². The zero-order valence-corrected chi connectivity index (χ0v) is 18.9. The summed E-state index contributed by atoms with van der Waals surface area (Å²) in [4.78, 5) is 22.5.